The molecule has 0 aliphatic carbocycles. The molecule has 1 amide bonds. The number of carbonyl (C=O) groups excluding carboxylic acids is 1. The van der Waals surface area contributed by atoms with Gasteiger partial charge in [0.15, 0.2) is 16.8 Å². The van der Waals surface area contributed by atoms with Gasteiger partial charge in [0.1, 0.15) is 53.7 Å². The maximum atomic E-state index is 13.7. The molecular formula is C43H54N6O11. The number of H-pyrrole nitrogens is 2. The van der Waals surface area contributed by atoms with Crippen molar-refractivity contribution in [3.63, 3.8) is 0 Å². The van der Waals surface area contributed by atoms with Crippen molar-refractivity contribution in [1.82, 2.24) is 29.7 Å². The molecule has 60 heavy (non-hydrogen) atoms. The van der Waals surface area contributed by atoms with E-state index in [1.54, 1.807) is 42.1 Å². The molecule has 0 unspecified atom stereocenters. The molecule has 2 aliphatic heterocycles. The van der Waals surface area contributed by atoms with Crippen molar-refractivity contribution in [1.29, 1.82) is 0 Å². The third-order valence-electron chi connectivity index (χ3n) is 12.5. The van der Waals surface area contributed by atoms with Gasteiger partial charge < -0.3 is 64.4 Å². The highest BCUT2D eigenvalue weighted by Gasteiger charge is 2.50. The summed E-state index contributed by atoms with van der Waals surface area (Å²) in [5.41, 5.74) is 1.17. The van der Waals surface area contributed by atoms with Gasteiger partial charge in [0.25, 0.3) is 0 Å². The maximum absolute atomic E-state index is 13.7. The minimum absolute atomic E-state index is 0.0167. The van der Waals surface area contributed by atoms with Crippen LogP contribution in [0.2, 0.25) is 0 Å². The quantitative estimate of drug-likeness (QED) is 0.0448. The van der Waals surface area contributed by atoms with Gasteiger partial charge in [-0.15, -0.1) is 0 Å². The number of nitrogens with one attached hydrogen (secondary N) is 4. The summed E-state index contributed by atoms with van der Waals surface area (Å²) in [6.45, 7) is 2.92. The van der Waals surface area contributed by atoms with Crippen LogP contribution >= 0.6 is 0 Å². The number of hydrogen-bond acceptors (Lipinski definition) is 12. The standard InChI is InChI=1S/C43H54N6O11/c1-4-31-27-6-11-46-30(27)20-49(31)38-39-26(17-28-33(51)15-24(2)58-40(28)38)18-36(42(59-39,10-13-44-3)9-5-25-16-37(54)47-19-25)60-57-22-35(53)43(56,41(55)34(52)21-50)23-48-14-8-29-32(48)7-12-45-29/h6-8,11-12,14-15,17,20,25,34-36,41,44-46,50,52-53,55-56H,4-5,9-10,13,16,18-19,21-23H2,1-3H3,(H,47,54)/t25-,34+,35-,36+,41+,42-,43+/m0/s1. The van der Waals surface area contributed by atoms with Crippen molar-refractivity contribution in [2.75, 3.05) is 33.4 Å². The van der Waals surface area contributed by atoms with Crippen LogP contribution in [-0.4, -0.2) is 120 Å². The van der Waals surface area contributed by atoms with Crippen molar-refractivity contribution in [2.24, 2.45) is 5.92 Å². The second kappa shape index (κ2) is 16.8. The average Bonchev–Trinajstić information content (AvgIpc) is 4.08. The Labute approximate surface area is 344 Å². The monoisotopic (exact) mass is 830 g/mol. The highest BCUT2D eigenvalue weighted by atomic mass is 17.2. The molecule has 6 aromatic rings. The number of aliphatic hydroxyl groups is 5. The maximum Gasteiger partial charge on any atom is 0.220 e. The fourth-order valence-corrected chi connectivity index (χ4v) is 9.10. The predicted molar refractivity (Wildman–Crippen MR) is 221 cm³/mol. The Balaban J connectivity index is 1.18. The summed E-state index contributed by atoms with van der Waals surface area (Å²) < 4.78 is 17.3. The summed E-state index contributed by atoms with van der Waals surface area (Å²) in [6.07, 6.45) is 3.44. The van der Waals surface area contributed by atoms with Crippen molar-refractivity contribution in [3.8, 4) is 11.4 Å². The SMILES string of the molecule is CCc1c2cc[nH]c2cn1-c1c2c(cc3c(=O)cc(C)oc13)C[C@@H](OOC[C@H](O)[C@](O)(Cn1ccc3[nH]ccc31)[C@H](O)[C@H](O)CO)[C@@](CCNC)(CC[C@@H]1CNC(=O)C1)O2. The summed E-state index contributed by atoms with van der Waals surface area (Å²) in [6, 6.07) is 8.75. The first-order valence-electron chi connectivity index (χ1n) is 20.6. The van der Waals surface area contributed by atoms with Gasteiger partial charge in [-0.05, 0) is 70.0 Å². The Morgan fingerprint density at radius 3 is 2.62 bits per heavy atom. The highest BCUT2D eigenvalue weighted by Crippen LogP contribution is 2.47. The van der Waals surface area contributed by atoms with Gasteiger partial charge in [0.2, 0.25) is 5.91 Å². The molecule has 0 spiro atoms. The molecule has 7 atom stereocenters. The van der Waals surface area contributed by atoms with Crippen LogP contribution in [-0.2, 0) is 34.0 Å². The molecule has 0 bridgehead atoms. The Morgan fingerprint density at radius 2 is 1.87 bits per heavy atom. The number of hydrogen-bond donors (Lipinski definition) is 9. The number of aliphatic hydroxyl groups excluding tert-OH is 4. The van der Waals surface area contributed by atoms with Crippen molar-refractivity contribution >= 4 is 38.8 Å². The zero-order chi connectivity index (χ0) is 42.3. The predicted octanol–water partition coefficient (Wildman–Crippen LogP) is 2.24. The van der Waals surface area contributed by atoms with E-state index < -0.39 is 48.8 Å². The number of rotatable bonds is 18. The number of aryl methyl sites for hydroxylation is 2. The van der Waals surface area contributed by atoms with Crippen molar-refractivity contribution in [3.05, 3.63) is 82.4 Å². The van der Waals surface area contributed by atoms with Crippen LogP contribution in [0.4, 0.5) is 0 Å². The first-order chi connectivity index (χ1) is 28.9. The summed E-state index contributed by atoms with van der Waals surface area (Å²) in [5.74, 6) is 0.982. The second-order valence-electron chi connectivity index (χ2n) is 16.3. The number of fused-ring (bicyclic) bond motifs is 4. The molecule has 9 N–H and O–H groups in total. The normalized spacial score (nSPS) is 21.9. The molecule has 5 aromatic heterocycles. The number of ether oxygens (including phenoxy) is 1. The number of benzene rings is 1. The van der Waals surface area contributed by atoms with Crippen molar-refractivity contribution in [2.45, 2.75) is 94.5 Å². The van der Waals surface area contributed by atoms with E-state index >= 15 is 0 Å². The van der Waals surface area contributed by atoms with Crippen LogP contribution in [0.15, 0.2) is 64.3 Å². The van der Waals surface area contributed by atoms with E-state index in [-0.39, 0.29) is 30.2 Å². The van der Waals surface area contributed by atoms with Crippen LogP contribution in [0, 0.1) is 12.8 Å². The van der Waals surface area contributed by atoms with E-state index in [0.29, 0.717) is 84.4 Å². The molecule has 17 nitrogen and oxygen atoms in total. The molecule has 1 saturated heterocycles. The summed E-state index contributed by atoms with van der Waals surface area (Å²) in [5, 5.41) is 62.4. The zero-order valence-corrected chi connectivity index (χ0v) is 33.9. The molecule has 0 saturated carbocycles. The molecule has 2 aliphatic rings. The van der Waals surface area contributed by atoms with Gasteiger partial charge in [-0.3, -0.25) is 9.59 Å². The largest absolute Gasteiger partial charge is 0.482 e. The van der Waals surface area contributed by atoms with Gasteiger partial charge in [0, 0.05) is 73.3 Å². The first-order valence-corrected chi connectivity index (χ1v) is 20.6. The Bertz CT molecular complexity index is 2540. The highest BCUT2D eigenvalue weighted by molar-refractivity contribution is 5.92. The number of nitrogens with zero attached hydrogens (tertiary/aromatic N) is 2. The van der Waals surface area contributed by atoms with Gasteiger partial charge in [0.05, 0.1) is 35.1 Å². The third kappa shape index (κ3) is 7.53. The van der Waals surface area contributed by atoms with Gasteiger partial charge in [-0.25, -0.2) is 9.78 Å². The lowest BCUT2D eigenvalue weighted by molar-refractivity contribution is -0.367. The molecule has 7 heterocycles. The number of amides is 1. The van der Waals surface area contributed by atoms with Gasteiger partial charge >= 0.3 is 0 Å². The molecular weight excluding hydrogens is 777 g/mol. The summed E-state index contributed by atoms with van der Waals surface area (Å²) in [4.78, 5) is 44.5. The van der Waals surface area contributed by atoms with Crippen LogP contribution < -0.4 is 20.8 Å². The molecule has 1 aromatic carbocycles. The Morgan fingerprint density at radius 1 is 1.07 bits per heavy atom. The fourth-order valence-electron chi connectivity index (χ4n) is 9.10. The van der Waals surface area contributed by atoms with E-state index in [2.05, 4.69) is 27.5 Å². The Hall–Kier alpha value is -4.98. The van der Waals surface area contributed by atoms with E-state index in [9.17, 15) is 35.1 Å². The van der Waals surface area contributed by atoms with E-state index in [0.717, 1.165) is 22.1 Å². The van der Waals surface area contributed by atoms with Crippen LogP contribution in [0.1, 0.15) is 49.6 Å². The Kier molecular flexibility index (Phi) is 11.7. The minimum Gasteiger partial charge on any atom is -0.482 e. The lowest BCUT2D eigenvalue weighted by Crippen LogP contribution is -2.61. The van der Waals surface area contributed by atoms with E-state index in [4.69, 9.17) is 18.9 Å². The lowest BCUT2D eigenvalue weighted by Gasteiger charge is -2.45. The summed E-state index contributed by atoms with van der Waals surface area (Å²) in [7, 11) is 1.83. The first kappa shape index (κ1) is 41.7. The number of aromatic nitrogens is 4. The zero-order valence-electron chi connectivity index (χ0n) is 33.9. The molecule has 322 valence electrons. The number of aromatic amines is 2. The van der Waals surface area contributed by atoms with Crippen molar-refractivity contribution < 1.29 is 49.3 Å². The van der Waals surface area contributed by atoms with E-state index in [1.165, 1.54) is 6.07 Å². The van der Waals surface area contributed by atoms with Gasteiger partial charge in [-0.1, -0.05) is 6.92 Å². The average molecular weight is 831 g/mol. The molecule has 17 heteroatoms. The molecule has 1 fully saturated rings. The topological polar surface area (TPSA) is 242 Å². The summed E-state index contributed by atoms with van der Waals surface area (Å²) >= 11 is 0. The van der Waals surface area contributed by atoms with Crippen LogP contribution in [0.25, 0.3) is 38.6 Å². The van der Waals surface area contributed by atoms with Gasteiger partial charge in [-0.2, -0.15) is 0 Å². The minimum atomic E-state index is -2.42. The van der Waals surface area contributed by atoms with Crippen LogP contribution in [0.3, 0.4) is 0 Å². The van der Waals surface area contributed by atoms with Crippen LogP contribution in [0.5, 0.6) is 5.75 Å². The third-order valence-corrected chi connectivity index (χ3v) is 12.5. The fraction of sp³-hybridized carbons (Fsp3) is 0.488. The lowest BCUT2D eigenvalue weighted by atomic mass is 9.79. The molecule has 0 radical (unpaired) electrons. The number of carbonyl (C=O) groups is 1. The molecule has 8 rings (SSSR count). The smallest absolute Gasteiger partial charge is 0.220 e. The second-order valence-corrected chi connectivity index (χ2v) is 16.3. The van der Waals surface area contributed by atoms with E-state index in [1.807, 2.05) is 30.1 Å².